The average Bonchev–Trinajstić information content (AvgIpc) is 2.64. The zero-order valence-corrected chi connectivity index (χ0v) is 17.2. The van der Waals surface area contributed by atoms with Crippen LogP contribution in [-0.4, -0.2) is 19.1 Å². The van der Waals surface area contributed by atoms with Crippen molar-refractivity contribution in [3.63, 3.8) is 0 Å². The molecule has 0 spiro atoms. The molecule has 0 aliphatic rings. The Kier molecular flexibility index (Phi) is 11.1. The van der Waals surface area contributed by atoms with Gasteiger partial charge >= 0.3 is 5.97 Å². The fourth-order valence-electron chi connectivity index (χ4n) is 1.96. The third-order valence-electron chi connectivity index (χ3n) is 3.28. The van der Waals surface area contributed by atoms with E-state index >= 15 is 0 Å². The Morgan fingerprint density at radius 1 is 1.00 bits per heavy atom. The molecule has 0 bridgehead atoms. The normalized spacial score (nSPS) is 11.6. The standard InChI is InChI=1S/C13H13O2P.C7H15NO3/c1-11-7-9-13(10-8-11)15-16-14-12-5-3-2-4-6-12;1-5(2)4-6(8)7(9)11-10-3/h2-10,16H,1H3;5-6H,4,8H2,1-3H3. The Morgan fingerprint density at radius 2 is 1.56 bits per heavy atom. The first-order valence-electron chi connectivity index (χ1n) is 8.62. The average molecular weight is 393 g/mol. The predicted molar refractivity (Wildman–Crippen MR) is 108 cm³/mol. The Bertz CT molecular complexity index is 649. The molecule has 27 heavy (non-hydrogen) atoms. The van der Waals surface area contributed by atoms with Gasteiger partial charge in [0.2, 0.25) is 0 Å². The Balaban J connectivity index is 0.000000293. The highest BCUT2D eigenvalue weighted by Gasteiger charge is 2.16. The van der Waals surface area contributed by atoms with Crippen LogP contribution in [0.3, 0.4) is 0 Å². The molecule has 0 aliphatic carbocycles. The number of hydrogen-bond donors (Lipinski definition) is 1. The van der Waals surface area contributed by atoms with Crippen molar-refractivity contribution in [2.24, 2.45) is 11.7 Å². The van der Waals surface area contributed by atoms with Crippen LogP contribution < -0.4 is 14.8 Å². The third kappa shape index (κ3) is 10.6. The largest absolute Gasteiger partial charge is 0.441 e. The molecule has 2 aromatic rings. The van der Waals surface area contributed by atoms with Gasteiger partial charge in [-0.3, -0.25) is 4.89 Å². The van der Waals surface area contributed by atoms with E-state index in [1.165, 1.54) is 12.7 Å². The van der Waals surface area contributed by atoms with Gasteiger partial charge in [-0.25, -0.2) is 4.79 Å². The zero-order chi connectivity index (χ0) is 20.1. The summed E-state index contributed by atoms with van der Waals surface area (Å²) >= 11 is 0. The second-order valence-electron chi connectivity index (χ2n) is 6.22. The molecule has 0 aromatic heterocycles. The fourth-order valence-corrected chi connectivity index (χ4v) is 2.47. The van der Waals surface area contributed by atoms with Crippen LogP contribution in [0.4, 0.5) is 0 Å². The van der Waals surface area contributed by atoms with E-state index in [1.54, 1.807) is 0 Å². The first-order chi connectivity index (χ1) is 12.9. The minimum atomic E-state index is -0.574. The van der Waals surface area contributed by atoms with Crippen LogP contribution in [0.15, 0.2) is 54.6 Å². The Hall–Kier alpha value is -2.14. The Labute approximate surface area is 162 Å². The molecule has 2 aromatic carbocycles. The van der Waals surface area contributed by atoms with Crippen LogP contribution in [0.5, 0.6) is 11.5 Å². The molecule has 0 fully saturated rings. The van der Waals surface area contributed by atoms with Gasteiger partial charge in [0.25, 0.3) is 9.03 Å². The van der Waals surface area contributed by atoms with Gasteiger partial charge in [0.05, 0.1) is 7.11 Å². The molecule has 0 heterocycles. The van der Waals surface area contributed by atoms with E-state index in [4.69, 9.17) is 14.8 Å². The fraction of sp³-hybridized carbons (Fsp3) is 0.350. The van der Waals surface area contributed by atoms with Gasteiger partial charge in [0.15, 0.2) is 0 Å². The van der Waals surface area contributed by atoms with E-state index in [0.717, 1.165) is 11.5 Å². The van der Waals surface area contributed by atoms with Crippen molar-refractivity contribution in [3.8, 4) is 11.5 Å². The topological polar surface area (TPSA) is 80.0 Å². The van der Waals surface area contributed by atoms with Crippen molar-refractivity contribution in [1.82, 2.24) is 0 Å². The molecule has 7 heteroatoms. The number of carbonyl (C=O) groups is 1. The monoisotopic (exact) mass is 393 g/mol. The molecular formula is C20H28NO5P. The predicted octanol–water partition coefficient (Wildman–Crippen LogP) is 4.43. The SMILES string of the molecule is COOC(=O)C(N)CC(C)C.Cc1ccc(OPOc2ccccc2)cc1. The van der Waals surface area contributed by atoms with Crippen LogP contribution in [-0.2, 0) is 14.6 Å². The Morgan fingerprint density at radius 3 is 2.07 bits per heavy atom. The molecule has 0 amide bonds. The molecule has 2 rings (SSSR count). The number of carbonyl (C=O) groups excluding carboxylic acids is 1. The van der Waals surface area contributed by atoms with Crippen LogP contribution in [0.25, 0.3) is 0 Å². The molecule has 0 radical (unpaired) electrons. The second-order valence-corrected chi connectivity index (χ2v) is 6.79. The second kappa shape index (κ2) is 13.1. The van der Waals surface area contributed by atoms with E-state index in [1.807, 2.05) is 75.4 Å². The number of nitrogens with two attached hydrogens (primary N) is 1. The summed E-state index contributed by atoms with van der Waals surface area (Å²) in [6, 6.07) is 17.0. The smallest absolute Gasteiger partial charge is 0.358 e. The maximum atomic E-state index is 10.8. The number of benzene rings is 2. The van der Waals surface area contributed by atoms with E-state index < -0.39 is 12.0 Å². The molecule has 6 nitrogen and oxygen atoms in total. The highest BCUT2D eigenvalue weighted by molar-refractivity contribution is 7.27. The van der Waals surface area contributed by atoms with E-state index in [2.05, 4.69) is 9.78 Å². The van der Waals surface area contributed by atoms with Gasteiger partial charge < -0.3 is 14.8 Å². The highest BCUT2D eigenvalue weighted by Crippen LogP contribution is 2.24. The third-order valence-corrected chi connectivity index (χ3v) is 3.91. The van der Waals surface area contributed by atoms with E-state index in [-0.39, 0.29) is 9.03 Å². The lowest BCUT2D eigenvalue weighted by atomic mass is 10.1. The first-order valence-corrected chi connectivity index (χ1v) is 9.44. The lowest BCUT2D eigenvalue weighted by Gasteiger charge is -2.10. The molecule has 0 saturated carbocycles. The molecule has 2 unspecified atom stereocenters. The van der Waals surface area contributed by atoms with Crippen molar-refractivity contribution >= 4 is 15.0 Å². The molecular weight excluding hydrogens is 365 g/mol. The van der Waals surface area contributed by atoms with E-state index in [0.29, 0.717) is 12.3 Å². The quantitative estimate of drug-likeness (QED) is 0.406. The number of aryl methyl sites for hydroxylation is 1. The summed E-state index contributed by atoms with van der Waals surface area (Å²) in [6.07, 6.45) is 0.613. The summed E-state index contributed by atoms with van der Waals surface area (Å²) in [5, 5.41) is 0. The van der Waals surface area contributed by atoms with Gasteiger partial charge in [-0.1, -0.05) is 49.7 Å². The van der Waals surface area contributed by atoms with Gasteiger partial charge in [-0.2, -0.15) is 4.89 Å². The highest BCUT2D eigenvalue weighted by atomic mass is 31.1. The van der Waals surface area contributed by atoms with Gasteiger partial charge in [-0.05, 0) is 43.5 Å². The number of para-hydroxylation sites is 1. The van der Waals surface area contributed by atoms with Crippen molar-refractivity contribution in [3.05, 3.63) is 60.2 Å². The van der Waals surface area contributed by atoms with Crippen molar-refractivity contribution < 1.29 is 23.6 Å². The lowest BCUT2D eigenvalue weighted by Crippen LogP contribution is -2.33. The van der Waals surface area contributed by atoms with Crippen molar-refractivity contribution in [1.29, 1.82) is 0 Å². The van der Waals surface area contributed by atoms with Gasteiger partial charge in [0, 0.05) is 0 Å². The summed E-state index contributed by atoms with van der Waals surface area (Å²) in [7, 11) is 1.26. The summed E-state index contributed by atoms with van der Waals surface area (Å²) in [6.45, 7) is 6.02. The van der Waals surface area contributed by atoms with Crippen molar-refractivity contribution in [2.75, 3.05) is 7.11 Å². The summed E-state index contributed by atoms with van der Waals surface area (Å²) in [5.41, 5.74) is 6.67. The first kappa shape index (κ1) is 22.9. The lowest BCUT2D eigenvalue weighted by molar-refractivity contribution is -0.256. The van der Waals surface area contributed by atoms with Crippen LogP contribution in [0.1, 0.15) is 25.8 Å². The van der Waals surface area contributed by atoms with Crippen LogP contribution in [0, 0.1) is 12.8 Å². The maximum Gasteiger partial charge on any atom is 0.358 e. The zero-order valence-electron chi connectivity index (χ0n) is 16.2. The molecule has 0 aliphatic heterocycles. The molecule has 2 atom stereocenters. The summed E-state index contributed by atoms with van der Waals surface area (Å²) in [4.78, 5) is 19.2. The molecule has 0 saturated heterocycles. The van der Waals surface area contributed by atoms with Gasteiger partial charge in [0.1, 0.15) is 17.5 Å². The minimum Gasteiger partial charge on any atom is -0.441 e. The number of rotatable bonds is 8. The summed E-state index contributed by atoms with van der Waals surface area (Å²) < 4.78 is 10.9. The van der Waals surface area contributed by atoms with E-state index in [9.17, 15) is 4.79 Å². The number of hydrogen-bond acceptors (Lipinski definition) is 6. The summed E-state index contributed by atoms with van der Waals surface area (Å²) in [5.74, 6) is 1.53. The maximum absolute atomic E-state index is 10.8. The molecule has 2 N–H and O–H groups in total. The van der Waals surface area contributed by atoms with Crippen molar-refractivity contribution in [2.45, 2.75) is 33.2 Å². The van der Waals surface area contributed by atoms with Crippen LogP contribution >= 0.6 is 9.03 Å². The minimum absolute atomic E-state index is 0.0161. The molecule has 148 valence electrons. The van der Waals surface area contributed by atoms with Gasteiger partial charge in [-0.15, -0.1) is 0 Å². The van der Waals surface area contributed by atoms with Crippen LogP contribution in [0.2, 0.25) is 0 Å².